The Morgan fingerprint density at radius 3 is 2.93 bits per heavy atom. The molecule has 3 unspecified atom stereocenters. The van der Waals surface area contributed by atoms with E-state index in [9.17, 15) is 9.90 Å². The quantitative estimate of drug-likeness (QED) is 0.544. The SMILES string of the molecule is O=C([O-])C1C=CC=CC1(Br)CC1CO1. The van der Waals surface area contributed by atoms with Crippen LogP contribution >= 0.6 is 15.9 Å². The second kappa shape index (κ2) is 3.51. The number of epoxide rings is 1. The average Bonchev–Trinajstić information content (AvgIpc) is 2.87. The lowest BCUT2D eigenvalue weighted by Crippen LogP contribution is -2.43. The van der Waals surface area contributed by atoms with Crippen molar-refractivity contribution in [2.45, 2.75) is 16.8 Å². The second-order valence-corrected chi connectivity index (χ2v) is 5.10. The van der Waals surface area contributed by atoms with E-state index in [4.69, 9.17) is 4.74 Å². The molecule has 1 aliphatic carbocycles. The molecule has 0 saturated carbocycles. The molecule has 14 heavy (non-hydrogen) atoms. The van der Waals surface area contributed by atoms with Gasteiger partial charge in [0.1, 0.15) is 0 Å². The highest BCUT2D eigenvalue weighted by Gasteiger charge is 2.40. The third-order valence-corrected chi connectivity index (χ3v) is 3.58. The van der Waals surface area contributed by atoms with Gasteiger partial charge in [-0.2, -0.15) is 0 Å². The molecular formula is C10H10BrO3-. The summed E-state index contributed by atoms with van der Waals surface area (Å²) in [5.74, 6) is -1.67. The molecule has 0 spiro atoms. The third kappa shape index (κ3) is 1.91. The van der Waals surface area contributed by atoms with Crippen molar-refractivity contribution in [2.75, 3.05) is 6.61 Å². The fraction of sp³-hybridized carbons (Fsp3) is 0.500. The fourth-order valence-electron chi connectivity index (χ4n) is 1.66. The summed E-state index contributed by atoms with van der Waals surface area (Å²) in [6.07, 6.45) is 7.94. The average molecular weight is 258 g/mol. The molecule has 1 aliphatic heterocycles. The van der Waals surface area contributed by atoms with Crippen molar-refractivity contribution in [1.29, 1.82) is 0 Å². The van der Waals surface area contributed by atoms with E-state index >= 15 is 0 Å². The number of carbonyl (C=O) groups excluding carboxylic acids is 1. The molecule has 2 rings (SSSR count). The first-order chi connectivity index (χ1) is 6.62. The van der Waals surface area contributed by atoms with Crippen LogP contribution in [0.1, 0.15) is 6.42 Å². The van der Waals surface area contributed by atoms with Crippen molar-refractivity contribution in [3.63, 3.8) is 0 Å². The van der Waals surface area contributed by atoms with Crippen molar-refractivity contribution in [3.8, 4) is 0 Å². The first-order valence-electron chi connectivity index (χ1n) is 4.49. The van der Waals surface area contributed by atoms with Crippen molar-refractivity contribution >= 4 is 21.9 Å². The number of ether oxygens (including phenoxy) is 1. The van der Waals surface area contributed by atoms with Crippen LogP contribution in [0.4, 0.5) is 0 Å². The summed E-state index contributed by atoms with van der Waals surface area (Å²) < 4.78 is 4.56. The van der Waals surface area contributed by atoms with Crippen LogP contribution in [0.5, 0.6) is 0 Å². The Morgan fingerprint density at radius 1 is 1.64 bits per heavy atom. The Balaban J connectivity index is 2.16. The molecular weight excluding hydrogens is 248 g/mol. The van der Waals surface area contributed by atoms with E-state index in [1.807, 2.05) is 12.2 Å². The minimum atomic E-state index is -1.05. The van der Waals surface area contributed by atoms with Crippen LogP contribution in [0, 0.1) is 5.92 Å². The Morgan fingerprint density at radius 2 is 2.36 bits per heavy atom. The summed E-state index contributed by atoms with van der Waals surface area (Å²) in [6, 6.07) is 0. The smallest absolute Gasteiger partial charge is 0.0826 e. The molecule has 0 aromatic rings. The first-order valence-corrected chi connectivity index (χ1v) is 5.28. The van der Waals surface area contributed by atoms with Crippen LogP contribution < -0.4 is 5.11 Å². The van der Waals surface area contributed by atoms with E-state index < -0.39 is 16.2 Å². The summed E-state index contributed by atoms with van der Waals surface area (Å²) in [7, 11) is 0. The molecule has 4 heteroatoms. The van der Waals surface area contributed by atoms with Gasteiger partial charge in [0, 0.05) is 5.92 Å². The number of alkyl halides is 1. The third-order valence-electron chi connectivity index (χ3n) is 2.50. The lowest BCUT2D eigenvalue weighted by atomic mass is 9.85. The fourth-order valence-corrected chi connectivity index (χ4v) is 2.51. The van der Waals surface area contributed by atoms with Crippen LogP contribution in [0.2, 0.25) is 0 Å². The topological polar surface area (TPSA) is 52.7 Å². The van der Waals surface area contributed by atoms with Crippen molar-refractivity contribution in [1.82, 2.24) is 0 Å². The largest absolute Gasteiger partial charge is 0.549 e. The highest BCUT2D eigenvalue weighted by Crippen LogP contribution is 2.40. The maximum absolute atomic E-state index is 10.9. The summed E-state index contributed by atoms with van der Waals surface area (Å²) in [4.78, 5) is 10.9. The van der Waals surface area contributed by atoms with E-state index in [1.165, 1.54) is 0 Å². The number of carboxylic acid groups (broad SMARTS) is 1. The Hall–Kier alpha value is -0.610. The molecule has 0 N–H and O–H groups in total. The lowest BCUT2D eigenvalue weighted by Gasteiger charge is -2.33. The van der Waals surface area contributed by atoms with Crippen LogP contribution in [-0.4, -0.2) is 23.0 Å². The van der Waals surface area contributed by atoms with Gasteiger partial charge in [0.25, 0.3) is 0 Å². The summed E-state index contributed by atoms with van der Waals surface area (Å²) in [5, 5.41) is 10.9. The van der Waals surface area contributed by atoms with Gasteiger partial charge in [-0.05, 0) is 6.42 Å². The zero-order valence-corrected chi connectivity index (χ0v) is 9.07. The van der Waals surface area contributed by atoms with Gasteiger partial charge in [-0.1, -0.05) is 40.2 Å². The van der Waals surface area contributed by atoms with E-state index in [2.05, 4.69) is 15.9 Å². The van der Waals surface area contributed by atoms with Crippen LogP contribution in [0.15, 0.2) is 24.3 Å². The van der Waals surface area contributed by atoms with Crippen molar-refractivity contribution < 1.29 is 14.6 Å². The minimum absolute atomic E-state index is 0.187. The maximum atomic E-state index is 10.9. The van der Waals surface area contributed by atoms with Crippen molar-refractivity contribution in [2.24, 2.45) is 5.92 Å². The number of rotatable bonds is 3. The normalized spacial score (nSPS) is 39.8. The number of allylic oxidation sites excluding steroid dienone is 3. The van der Waals surface area contributed by atoms with Gasteiger partial charge in [-0.25, -0.2) is 0 Å². The molecule has 0 aromatic heterocycles. The van der Waals surface area contributed by atoms with Crippen LogP contribution in [0.25, 0.3) is 0 Å². The van der Waals surface area contributed by atoms with E-state index in [-0.39, 0.29) is 6.10 Å². The molecule has 2 aliphatic rings. The highest BCUT2D eigenvalue weighted by molar-refractivity contribution is 9.10. The van der Waals surface area contributed by atoms with Gasteiger partial charge >= 0.3 is 0 Å². The zero-order chi connectivity index (χ0) is 10.2. The predicted molar refractivity (Wildman–Crippen MR) is 52.8 cm³/mol. The number of carboxylic acids is 1. The van der Waals surface area contributed by atoms with E-state index in [0.717, 1.165) is 6.61 Å². The number of halogens is 1. The zero-order valence-electron chi connectivity index (χ0n) is 7.48. The van der Waals surface area contributed by atoms with Gasteiger partial charge in [0.15, 0.2) is 0 Å². The number of hydrogen-bond acceptors (Lipinski definition) is 3. The van der Waals surface area contributed by atoms with Gasteiger partial charge < -0.3 is 14.6 Å². The molecule has 3 atom stereocenters. The molecule has 0 radical (unpaired) electrons. The lowest BCUT2D eigenvalue weighted by molar-refractivity contribution is -0.310. The van der Waals surface area contributed by atoms with E-state index in [1.54, 1.807) is 12.2 Å². The van der Waals surface area contributed by atoms with Gasteiger partial charge in [0.2, 0.25) is 0 Å². The molecule has 1 fully saturated rings. The van der Waals surface area contributed by atoms with E-state index in [0.29, 0.717) is 6.42 Å². The molecule has 0 amide bonds. The second-order valence-electron chi connectivity index (χ2n) is 3.63. The highest BCUT2D eigenvalue weighted by atomic mass is 79.9. The molecule has 76 valence electrons. The Kier molecular flexibility index (Phi) is 2.49. The number of carbonyl (C=O) groups is 1. The van der Waals surface area contributed by atoms with Crippen molar-refractivity contribution in [3.05, 3.63) is 24.3 Å². The van der Waals surface area contributed by atoms with Gasteiger partial charge in [-0.15, -0.1) is 0 Å². The standard InChI is InChI=1S/C10H11BrO3/c11-10(5-7-6-14-7)4-2-1-3-8(10)9(12)13/h1-4,7-8H,5-6H2,(H,12,13)/p-1. The Labute approximate surface area is 90.6 Å². The predicted octanol–water partition coefficient (Wildman–Crippen LogP) is 0.401. The molecule has 0 bridgehead atoms. The van der Waals surface area contributed by atoms with Gasteiger partial charge in [0.05, 0.1) is 23.0 Å². The molecule has 1 heterocycles. The molecule has 0 aromatic carbocycles. The summed E-state index contributed by atoms with van der Waals surface area (Å²) >= 11 is 3.46. The Bertz CT molecular complexity index is 306. The summed E-state index contributed by atoms with van der Waals surface area (Å²) in [6.45, 7) is 0.727. The molecule has 1 saturated heterocycles. The monoisotopic (exact) mass is 257 g/mol. The maximum Gasteiger partial charge on any atom is 0.0826 e. The summed E-state index contributed by atoms with van der Waals surface area (Å²) in [5.41, 5.74) is 0. The minimum Gasteiger partial charge on any atom is -0.549 e. The first kappa shape index (κ1) is 9.93. The molecule has 3 nitrogen and oxygen atoms in total. The van der Waals surface area contributed by atoms with Gasteiger partial charge in [-0.3, -0.25) is 0 Å². The number of hydrogen-bond donors (Lipinski definition) is 0. The van der Waals surface area contributed by atoms with Crippen LogP contribution in [-0.2, 0) is 9.53 Å². The van der Waals surface area contributed by atoms with Crippen LogP contribution in [0.3, 0.4) is 0 Å². The number of aliphatic carboxylic acids is 1.